The minimum Gasteiger partial charge on any atom is -0.358 e. The molecule has 2 heterocycles. The second-order valence-electron chi connectivity index (χ2n) is 13.8. The lowest BCUT2D eigenvalue weighted by Gasteiger charge is -2.48. The summed E-state index contributed by atoms with van der Waals surface area (Å²) in [6.07, 6.45) is 3.34. The molecule has 7 rings (SSSR count). The molecule has 0 spiro atoms. The molecule has 42 heavy (non-hydrogen) atoms. The number of methoxy groups -OCH3 is 1. The first-order chi connectivity index (χ1) is 19.9. The Balaban J connectivity index is 1.68. The predicted octanol–water partition coefficient (Wildman–Crippen LogP) is 8.27. The monoisotopic (exact) mass is 557 g/mol. The van der Waals surface area contributed by atoms with Crippen molar-refractivity contribution in [3.05, 3.63) is 95.3 Å². The third-order valence-electron chi connectivity index (χ3n) is 10.5. The Morgan fingerprint density at radius 1 is 0.833 bits per heavy atom. The number of aliphatic hydroxyl groups is 1. The average molecular weight is 558 g/mol. The van der Waals surface area contributed by atoms with Crippen LogP contribution in [0.15, 0.2) is 73.1 Å². The molecule has 4 heteroatoms. The zero-order chi connectivity index (χ0) is 29.8. The highest BCUT2D eigenvalue weighted by atomic mass is 16.6. The SMILES string of the molecule is CCC1(CC)[n+]2cnc3c(c2-c2c(ccc4cc(C(C)(C)C)ccc24)C1(O)OC)C(C)(C)c1ccc2ccccc2c1-3. The van der Waals surface area contributed by atoms with E-state index in [4.69, 9.17) is 9.72 Å². The lowest BCUT2D eigenvalue weighted by atomic mass is 9.70. The Morgan fingerprint density at radius 2 is 1.50 bits per heavy atom. The van der Waals surface area contributed by atoms with Gasteiger partial charge in [0, 0.05) is 29.2 Å². The minimum atomic E-state index is -1.53. The summed E-state index contributed by atoms with van der Waals surface area (Å²) in [6, 6.07) is 24.2. The highest BCUT2D eigenvalue weighted by Gasteiger charge is 2.62. The number of hydrogen-bond acceptors (Lipinski definition) is 3. The van der Waals surface area contributed by atoms with Crippen LogP contribution in [0.1, 0.15) is 83.6 Å². The second kappa shape index (κ2) is 8.72. The molecule has 0 fully saturated rings. The molecular formula is C38H41N2O2+. The summed E-state index contributed by atoms with van der Waals surface area (Å²) in [6.45, 7) is 15.7. The highest BCUT2D eigenvalue weighted by Crippen LogP contribution is 2.57. The third-order valence-corrected chi connectivity index (χ3v) is 10.5. The Kier molecular flexibility index (Phi) is 5.65. The van der Waals surface area contributed by atoms with Crippen LogP contribution in [0, 0.1) is 0 Å². The first kappa shape index (κ1) is 27.2. The normalized spacial score (nSPS) is 19.8. The van der Waals surface area contributed by atoms with Gasteiger partial charge in [-0.25, -0.2) is 4.57 Å². The van der Waals surface area contributed by atoms with Crippen LogP contribution in [0.25, 0.3) is 44.1 Å². The molecule has 4 aromatic carbocycles. The maximum atomic E-state index is 12.7. The lowest BCUT2D eigenvalue weighted by Crippen LogP contribution is -2.71. The zero-order valence-electron chi connectivity index (χ0n) is 26.1. The fraction of sp³-hybridized carbons (Fsp3) is 0.368. The summed E-state index contributed by atoms with van der Waals surface area (Å²) in [7, 11) is 1.63. The third kappa shape index (κ3) is 3.20. The van der Waals surface area contributed by atoms with Gasteiger partial charge in [0.15, 0.2) is 11.2 Å². The Bertz CT molecular complexity index is 1930. The molecule has 1 unspecified atom stereocenters. The van der Waals surface area contributed by atoms with Crippen LogP contribution in [0.2, 0.25) is 0 Å². The van der Waals surface area contributed by atoms with Gasteiger partial charge in [0.05, 0.1) is 5.56 Å². The maximum Gasteiger partial charge on any atom is 0.288 e. The first-order valence-corrected chi connectivity index (χ1v) is 15.3. The Hall–Kier alpha value is -3.60. The molecule has 0 saturated carbocycles. The van der Waals surface area contributed by atoms with E-state index in [0.29, 0.717) is 12.8 Å². The van der Waals surface area contributed by atoms with E-state index in [-0.39, 0.29) is 10.8 Å². The molecular weight excluding hydrogens is 516 g/mol. The second-order valence-corrected chi connectivity index (χ2v) is 13.8. The Labute approximate surface area is 249 Å². The van der Waals surface area contributed by atoms with Crippen molar-refractivity contribution in [2.24, 2.45) is 0 Å². The minimum absolute atomic E-state index is 0.0272. The van der Waals surface area contributed by atoms with Gasteiger partial charge in [-0.1, -0.05) is 115 Å². The molecule has 1 atom stereocenters. The molecule has 1 aromatic heterocycles. The highest BCUT2D eigenvalue weighted by molar-refractivity contribution is 6.05. The van der Waals surface area contributed by atoms with E-state index in [9.17, 15) is 5.11 Å². The van der Waals surface area contributed by atoms with E-state index in [0.717, 1.165) is 33.3 Å². The molecule has 2 aliphatic rings. The summed E-state index contributed by atoms with van der Waals surface area (Å²) >= 11 is 0. The molecule has 0 radical (unpaired) electrons. The number of fused-ring (bicyclic) bond motifs is 11. The quantitative estimate of drug-likeness (QED) is 0.179. The molecule has 0 bridgehead atoms. The number of nitrogens with zero attached hydrogens (tertiary/aromatic N) is 2. The summed E-state index contributed by atoms with van der Waals surface area (Å²) in [5.41, 5.74) is 8.05. The molecule has 5 aromatic rings. The maximum absolute atomic E-state index is 12.7. The van der Waals surface area contributed by atoms with Gasteiger partial charge < -0.3 is 9.84 Å². The van der Waals surface area contributed by atoms with Crippen LogP contribution in [0.3, 0.4) is 0 Å². The van der Waals surface area contributed by atoms with Gasteiger partial charge in [-0.05, 0) is 55.9 Å². The summed E-state index contributed by atoms with van der Waals surface area (Å²) < 4.78 is 8.45. The van der Waals surface area contributed by atoms with Crippen LogP contribution in [0.5, 0.6) is 0 Å². The van der Waals surface area contributed by atoms with E-state index in [1.165, 1.54) is 33.0 Å². The average Bonchev–Trinajstić information content (AvgIpc) is 3.23. The van der Waals surface area contributed by atoms with Gasteiger partial charge in [0.25, 0.3) is 6.33 Å². The Morgan fingerprint density at radius 3 is 2.19 bits per heavy atom. The van der Waals surface area contributed by atoms with Gasteiger partial charge in [-0.15, -0.1) is 0 Å². The molecule has 214 valence electrons. The van der Waals surface area contributed by atoms with Crippen LogP contribution < -0.4 is 4.57 Å². The van der Waals surface area contributed by atoms with E-state index in [1.807, 2.05) is 6.33 Å². The van der Waals surface area contributed by atoms with Crippen molar-refractivity contribution in [2.45, 2.75) is 83.5 Å². The van der Waals surface area contributed by atoms with E-state index in [1.54, 1.807) is 7.11 Å². The smallest absolute Gasteiger partial charge is 0.288 e. The molecule has 0 saturated heterocycles. The number of aromatic nitrogens is 2. The fourth-order valence-electron chi connectivity index (χ4n) is 8.12. The zero-order valence-corrected chi connectivity index (χ0v) is 26.1. The van der Waals surface area contributed by atoms with Crippen molar-refractivity contribution >= 4 is 21.5 Å². The molecule has 1 aliphatic carbocycles. The number of benzene rings is 4. The molecule has 1 aliphatic heterocycles. The van der Waals surface area contributed by atoms with Crippen molar-refractivity contribution in [3.8, 4) is 22.5 Å². The topological polar surface area (TPSA) is 46.2 Å². The van der Waals surface area contributed by atoms with Gasteiger partial charge in [0.1, 0.15) is 5.69 Å². The van der Waals surface area contributed by atoms with E-state index < -0.39 is 11.3 Å². The summed E-state index contributed by atoms with van der Waals surface area (Å²) in [4.78, 5) is 5.25. The van der Waals surface area contributed by atoms with E-state index in [2.05, 4.69) is 120 Å². The standard InChI is InChI=1S/C38H41N2O2/c1-9-37(10-2)38(41,42-8)29-20-16-24-21-25(35(3,4)5)17-18-27(24)31(29)34-32-33(39-22-40(34)37)30-26-14-12-11-13-23(26)15-19-28(30)36(32,6)7/h11-22,41H,9-10H2,1-8H3/q+1. The van der Waals surface area contributed by atoms with Crippen molar-refractivity contribution in [3.63, 3.8) is 0 Å². The number of hydrogen-bond donors (Lipinski definition) is 1. The van der Waals surface area contributed by atoms with Crippen LogP contribution >= 0.6 is 0 Å². The van der Waals surface area contributed by atoms with Crippen molar-refractivity contribution in [1.29, 1.82) is 0 Å². The van der Waals surface area contributed by atoms with Crippen molar-refractivity contribution in [1.82, 2.24) is 4.98 Å². The molecule has 0 amide bonds. The van der Waals surface area contributed by atoms with Crippen LogP contribution in [-0.2, 0) is 26.9 Å². The van der Waals surface area contributed by atoms with Gasteiger partial charge in [-0.2, -0.15) is 0 Å². The fourth-order valence-corrected chi connectivity index (χ4v) is 8.12. The van der Waals surface area contributed by atoms with Crippen LogP contribution in [0.4, 0.5) is 0 Å². The van der Waals surface area contributed by atoms with Crippen LogP contribution in [-0.4, -0.2) is 17.2 Å². The first-order valence-electron chi connectivity index (χ1n) is 15.3. The van der Waals surface area contributed by atoms with Crippen molar-refractivity contribution < 1.29 is 14.4 Å². The van der Waals surface area contributed by atoms with Gasteiger partial charge in [0.2, 0.25) is 5.79 Å². The summed E-state index contributed by atoms with van der Waals surface area (Å²) in [5.74, 6) is -1.53. The number of rotatable bonds is 3. The van der Waals surface area contributed by atoms with Gasteiger partial charge >= 0.3 is 0 Å². The lowest BCUT2D eigenvalue weighted by molar-refractivity contribution is -0.792. The predicted molar refractivity (Wildman–Crippen MR) is 171 cm³/mol. The number of ether oxygens (including phenoxy) is 1. The summed E-state index contributed by atoms with van der Waals surface area (Å²) in [5, 5.41) is 17.4. The molecule has 1 N–H and O–H groups in total. The van der Waals surface area contributed by atoms with Crippen molar-refractivity contribution in [2.75, 3.05) is 7.11 Å². The van der Waals surface area contributed by atoms with E-state index >= 15 is 0 Å². The molecule has 4 nitrogen and oxygen atoms in total. The van der Waals surface area contributed by atoms with Gasteiger partial charge in [-0.3, -0.25) is 0 Å². The largest absolute Gasteiger partial charge is 0.358 e.